The molecule has 4 nitrogen and oxygen atoms in total. The Morgan fingerprint density at radius 1 is 1.33 bits per heavy atom. The van der Waals surface area contributed by atoms with Crippen LogP contribution in [0.4, 0.5) is 0 Å². The third kappa shape index (κ3) is 6.57. The second-order valence-electron chi connectivity index (χ2n) is 2.58. The van der Waals surface area contributed by atoms with Crippen molar-refractivity contribution in [3.63, 3.8) is 0 Å². The van der Waals surface area contributed by atoms with Gasteiger partial charge in [0.2, 0.25) is 0 Å². The molecule has 0 bridgehead atoms. The van der Waals surface area contributed by atoms with E-state index in [1.54, 1.807) is 0 Å². The lowest BCUT2D eigenvalue weighted by Crippen LogP contribution is -2.18. The lowest BCUT2D eigenvalue weighted by Gasteiger charge is -2.02. The van der Waals surface area contributed by atoms with Crippen molar-refractivity contribution >= 4 is 10.1 Å². The van der Waals surface area contributed by atoms with E-state index in [0.29, 0.717) is 0 Å². The molecule has 0 aliphatic carbocycles. The molecule has 0 amide bonds. The highest BCUT2D eigenvalue weighted by Gasteiger charge is 2.08. The van der Waals surface area contributed by atoms with E-state index in [9.17, 15) is 8.42 Å². The maximum Gasteiger partial charge on any atom is 0.268 e. The predicted octanol–water partition coefficient (Wildman–Crippen LogP) is 0.482. The molecule has 74 valence electrons. The molecule has 0 aromatic heterocycles. The van der Waals surface area contributed by atoms with Crippen molar-refractivity contribution in [1.29, 1.82) is 0 Å². The summed E-state index contributed by atoms with van der Waals surface area (Å²) in [5, 5.41) is 0. The predicted molar refractivity (Wildman–Crippen MR) is 48.3 cm³/mol. The molecule has 0 unspecified atom stereocenters. The summed E-state index contributed by atoms with van der Waals surface area (Å²) in [5.74, 6) is -0.0842. The molecule has 2 N–H and O–H groups in total. The highest BCUT2D eigenvalue weighted by Crippen LogP contribution is 1.98. The molecule has 0 fully saturated rings. The summed E-state index contributed by atoms with van der Waals surface area (Å²) < 4.78 is 26.4. The number of nitrogens with two attached hydrogens (primary N) is 1. The van der Waals surface area contributed by atoms with Crippen LogP contribution in [0.2, 0.25) is 0 Å². The van der Waals surface area contributed by atoms with Gasteiger partial charge in [-0.1, -0.05) is 19.8 Å². The van der Waals surface area contributed by atoms with Gasteiger partial charge in [0, 0.05) is 6.54 Å². The molecule has 0 saturated carbocycles. The van der Waals surface area contributed by atoms with Crippen LogP contribution in [-0.4, -0.2) is 27.3 Å². The average molecular weight is 195 g/mol. The molecule has 0 rings (SSSR count). The zero-order valence-corrected chi connectivity index (χ0v) is 8.27. The van der Waals surface area contributed by atoms with Crippen LogP contribution in [0.25, 0.3) is 0 Å². The van der Waals surface area contributed by atoms with Gasteiger partial charge in [-0.15, -0.1) is 0 Å². The van der Waals surface area contributed by atoms with Gasteiger partial charge in [-0.3, -0.25) is 4.18 Å². The first-order chi connectivity index (χ1) is 5.62. The fourth-order valence-corrected chi connectivity index (χ4v) is 1.52. The zero-order valence-electron chi connectivity index (χ0n) is 7.45. The maximum absolute atomic E-state index is 10.9. The zero-order chi connectivity index (χ0) is 9.45. The van der Waals surface area contributed by atoms with Gasteiger partial charge in [0.05, 0.1) is 12.4 Å². The van der Waals surface area contributed by atoms with Gasteiger partial charge in [-0.2, -0.15) is 8.42 Å². The summed E-state index contributed by atoms with van der Waals surface area (Å²) in [5.41, 5.74) is 5.09. The molecule has 0 aliphatic rings. The molecule has 0 aromatic carbocycles. The van der Waals surface area contributed by atoms with E-state index < -0.39 is 10.1 Å². The van der Waals surface area contributed by atoms with Crippen LogP contribution in [-0.2, 0) is 14.3 Å². The minimum atomic E-state index is -3.34. The van der Waals surface area contributed by atoms with E-state index in [1.807, 2.05) is 6.92 Å². The number of rotatable bonds is 7. The standard InChI is InChI=1S/C7H17NO3S/c1-2-3-4-6-11-12(9,10)7-5-8/h2-8H2,1H3. The van der Waals surface area contributed by atoms with Gasteiger partial charge in [-0.25, -0.2) is 0 Å². The molecule has 0 atom stereocenters. The van der Waals surface area contributed by atoms with E-state index >= 15 is 0 Å². The monoisotopic (exact) mass is 195 g/mol. The number of unbranched alkanes of at least 4 members (excludes halogenated alkanes) is 2. The molecule has 5 heteroatoms. The van der Waals surface area contributed by atoms with Gasteiger partial charge < -0.3 is 5.73 Å². The summed E-state index contributed by atoms with van der Waals surface area (Å²) in [4.78, 5) is 0. The quantitative estimate of drug-likeness (QED) is 0.474. The van der Waals surface area contributed by atoms with Crippen LogP contribution < -0.4 is 5.73 Å². The van der Waals surface area contributed by atoms with Crippen molar-refractivity contribution in [3.05, 3.63) is 0 Å². The highest BCUT2D eigenvalue weighted by atomic mass is 32.2. The van der Waals surface area contributed by atoms with Crippen molar-refractivity contribution in [2.24, 2.45) is 5.73 Å². The fraction of sp³-hybridized carbons (Fsp3) is 1.00. The third-order valence-electron chi connectivity index (χ3n) is 1.38. The van der Waals surface area contributed by atoms with E-state index in [2.05, 4.69) is 4.18 Å². The highest BCUT2D eigenvalue weighted by molar-refractivity contribution is 7.86. The summed E-state index contributed by atoms with van der Waals surface area (Å²) in [6.45, 7) is 2.46. The first-order valence-corrected chi connectivity index (χ1v) is 5.77. The molecule has 0 aliphatic heterocycles. The number of hydrogen-bond acceptors (Lipinski definition) is 4. The lowest BCUT2D eigenvalue weighted by atomic mass is 10.3. The number of hydrogen-bond donors (Lipinski definition) is 1. The topological polar surface area (TPSA) is 69.4 Å². The van der Waals surface area contributed by atoms with Crippen molar-refractivity contribution in [1.82, 2.24) is 0 Å². The molecule has 0 heterocycles. The molecule has 0 radical (unpaired) electrons. The SMILES string of the molecule is CCCCCOS(=O)(=O)CCN. The summed E-state index contributed by atoms with van der Waals surface area (Å²) in [7, 11) is -3.34. The van der Waals surface area contributed by atoms with Crippen molar-refractivity contribution in [2.75, 3.05) is 18.9 Å². The maximum atomic E-state index is 10.9. The van der Waals surface area contributed by atoms with E-state index in [0.717, 1.165) is 19.3 Å². The third-order valence-corrected chi connectivity index (χ3v) is 2.64. The second-order valence-corrected chi connectivity index (χ2v) is 4.34. The van der Waals surface area contributed by atoms with Crippen molar-refractivity contribution in [3.8, 4) is 0 Å². The molecule has 0 spiro atoms. The first kappa shape index (κ1) is 11.9. The van der Waals surface area contributed by atoms with Gasteiger partial charge in [-0.05, 0) is 6.42 Å². The Bertz CT molecular complexity index is 189. The second kappa shape index (κ2) is 6.39. The summed E-state index contributed by atoms with van der Waals surface area (Å²) in [6.07, 6.45) is 2.85. The summed E-state index contributed by atoms with van der Waals surface area (Å²) in [6, 6.07) is 0. The van der Waals surface area contributed by atoms with Crippen LogP contribution >= 0.6 is 0 Å². The average Bonchev–Trinajstić information content (AvgIpc) is 1.98. The van der Waals surface area contributed by atoms with Crippen LogP contribution in [0.3, 0.4) is 0 Å². The Kier molecular flexibility index (Phi) is 6.32. The van der Waals surface area contributed by atoms with Gasteiger partial charge in [0.15, 0.2) is 0 Å². The normalized spacial score (nSPS) is 11.8. The van der Waals surface area contributed by atoms with Gasteiger partial charge >= 0.3 is 0 Å². The lowest BCUT2D eigenvalue weighted by molar-refractivity contribution is 0.308. The van der Waals surface area contributed by atoms with E-state index in [4.69, 9.17) is 5.73 Å². The largest absolute Gasteiger partial charge is 0.329 e. The molecule has 0 saturated heterocycles. The Morgan fingerprint density at radius 2 is 2.00 bits per heavy atom. The smallest absolute Gasteiger partial charge is 0.268 e. The van der Waals surface area contributed by atoms with Crippen molar-refractivity contribution in [2.45, 2.75) is 26.2 Å². The van der Waals surface area contributed by atoms with Crippen molar-refractivity contribution < 1.29 is 12.6 Å². The minimum absolute atomic E-state index is 0.0842. The van der Waals surface area contributed by atoms with Gasteiger partial charge in [0.1, 0.15) is 0 Å². The van der Waals surface area contributed by atoms with Crippen LogP contribution in [0, 0.1) is 0 Å². The molecular formula is C7H17NO3S. The molecule has 0 aromatic rings. The first-order valence-electron chi connectivity index (χ1n) is 4.19. The Morgan fingerprint density at radius 3 is 2.50 bits per heavy atom. The molecule has 12 heavy (non-hydrogen) atoms. The summed E-state index contributed by atoms with van der Waals surface area (Å²) >= 11 is 0. The molecular weight excluding hydrogens is 178 g/mol. The minimum Gasteiger partial charge on any atom is -0.329 e. The Hall–Kier alpha value is -0.130. The Balaban J connectivity index is 3.48. The van der Waals surface area contributed by atoms with E-state index in [-0.39, 0.29) is 18.9 Å². The van der Waals surface area contributed by atoms with Gasteiger partial charge in [0.25, 0.3) is 10.1 Å². The van der Waals surface area contributed by atoms with Crippen LogP contribution in [0.15, 0.2) is 0 Å². The fourth-order valence-electron chi connectivity index (χ4n) is 0.741. The van der Waals surface area contributed by atoms with Crippen LogP contribution in [0.5, 0.6) is 0 Å². The van der Waals surface area contributed by atoms with Crippen LogP contribution in [0.1, 0.15) is 26.2 Å². The Labute approximate surface area is 74.2 Å². The van der Waals surface area contributed by atoms with E-state index in [1.165, 1.54) is 0 Å².